The molecule has 3 N–H and O–H groups in total. The molecule has 0 rings (SSSR count). The lowest BCUT2D eigenvalue weighted by Gasteiger charge is -2.02. The van der Waals surface area contributed by atoms with Crippen LogP contribution in [0.1, 0.15) is 33.6 Å². The molecule has 0 spiro atoms. The van der Waals surface area contributed by atoms with E-state index in [2.05, 4.69) is 36.3 Å². The normalized spacial score (nSPS) is 13.5. The standard InChI is InChI=1S/C12H23N3/c1-4-11(12(13)15-6-3)9-7-8-10-14-5-2/h8-10,14H,4-7H2,1-3H3,(H2,13,15)/b10-8+,11-9-. The van der Waals surface area contributed by atoms with Crippen molar-refractivity contribution in [1.82, 2.24) is 5.32 Å². The van der Waals surface area contributed by atoms with Crippen molar-refractivity contribution < 1.29 is 0 Å². The monoisotopic (exact) mass is 209 g/mol. The van der Waals surface area contributed by atoms with Gasteiger partial charge in [-0.05, 0) is 38.5 Å². The molecule has 0 aromatic rings. The van der Waals surface area contributed by atoms with Gasteiger partial charge in [0, 0.05) is 13.1 Å². The first-order valence-corrected chi connectivity index (χ1v) is 5.63. The molecular weight excluding hydrogens is 186 g/mol. The highest BCUT2D eigenvalue weighted by atomic mass is 14.8. The molecule has 0 unspecified atom stereocenters. The molecule has 0 aliphatic heterocycles. The molecule has 0 amide bonds. The van der Waals surface area contributed by atoms with E-state index in [4.69, 9.17) is 5.73 Å². The molecule has 0 bridgehead atoms. The molecule has 0 saturated heterocycles. The minimum Gasteiger partial charge on any atom is -0.391 e. The van der Waals surface area contributed by atoms with Crippen molar-refractivity contribution in [3.8, 4) is 0 Å². The van der Waals surface area contributed by atoms with Crippen LogP contribution in [0.3, 0.4) is 0 Å². The Morgan fingerprint density at radius 1 is 1.33 bits per heavy atom. The van der Waals surface area contributed by atoms with Gasteiger partial charge in [0.2, 0.25) is 0 Å². The fourth-order valence-electron chi connectivity index (χ4n) is 1.18. The predicted octanol–water partition coefficient (Wildman–Crippen LogP) is 2.21. The quantitative estimate of drug-likeness (QED) is 0.499. The van der Waals surface area contributed by atoms with E-state index in [0.29, 0.717) is 5.84 Å². The Morgan fingerprint density at radius 2 is 2.07 bits per heavy atom. The Labute approximate surface area is 93.2 Å². The Balaban J connectivity index is 4.16. The van der Waals surface area contributed by atoms with Gasteiger partial charge in [-0.15, -0.1) is 0 Å². The van der Waals surface area contributed by atoms with E-state index in [-0.39, 0.29) is 0 Å². The van der Waals surface area contributed by atoms with Crippen molar-refractivity contribution in [3.05, 3.63) is 23.9 Å². The summed E-state index contributed by atoms with van der Waals surface area (Å²) in [6, 6.07) is 0. The topological polar surface area (TPSA) is 50.4 Å². The van der Waals surface area contributed by atoms with E-state index >= 15 is 0 Å². The summed E-state index contributed by atoms with van der Waals surface area (Å²) >= 11 is 0. The van der Waals surface area contributed by atoms with E-state index < -0.39 is 0 Å². The van der Waals surface area contributed by atoms with E-state index in [0.717, 1.165) is 31.5 Å². The van der Waals surface area contributed by atoms with Gasteiger partial charge in [-0.3, -0.25) is 4.99 Å². The molecule has 3 nitrogen and oxygen atoms in total. The Kier molecular flexibility index (Phi) is 8.53. The summed E-state index contributed by atoms with van der Waals surface area (Å²) in [5.74, 6) is 0.678. The first-order valence-electron chi connectivity index (χ1n) is 5.63. The Hall–Kier alpha value is -1.25. The Morgan fingerprint density at radius 3 is 2.60 bits per heavy atom. The molecule has 86 valence electrons. The van der Waals surface area contributed by atoms with Crippen molar-refractivity contribution in [3.63, 3.8) is 0 Å². The molecule has 0 aromatic heterocycles. The lowest BCUT2D eigenvalue weighted by Crippen LogP contribution is -2.14. The van der Waals surface area contributed by atoms with Crippen LogP contribution in [0.5, 0.6) is 0 Å². The largest absolute Gasteiger partial charge is 0.391 e. The smallest absolute Gasteiger partial charge is 0.121 e. The van der Waals surface area contributed by atoms with Crippen molar-refractivity contribution in [1.29, 1.82) is 0 Å². The van der Waals surface area contributed by atoms with E-state index in [1.807, 2.05) is 13.1 Å². The number of amidine groups is 1. The van der Waals surface area contributed by atoms with Crippen LogP contribution in [0.2, 0.25) is 0 Å². The molecule has 0 aliphatic rings. The molecule has 0 aliphatic carbocycles. The number of hydrogen-bond donors (Lipinski definition) is 2. The molecule has 3 heteroatoms. The number of hydrogen-bond acceptors (Lipinski definition) is 2. The zero-order valence-corrected chi connectivity index (χ0v) is 10.1. The average molecular weight is 209 g/mol. The lowest BCUT2D eigenvalue weighted by molar-refractivity contribution is 0.914. The number of aliphatic imine (C=N–C) groups is 1. The molecule has 0 fully saturated rings. The molecule has 0 saturated carbocycles. The van der Waals surface area contributed by atoms with Crippen LogP contribution < -0.4 is 11.1 Å². The first kappa shape index (κ1) is 13.8. The minimum absolute atomic E-state index is 0.678. The summed E-state index contributed by atoms with van der Waals surface area (Å²) in [5, 5.41) is 3.12. The fourth-order valence-corrected chi connectivity index (χ4v) is 1.18. The molecular formula is C12H23N3. The van der Waals surface area contributed by atoms with Gasteiger partial charge in [-0.1, -0.05) is 19.1 Å². The maximum atomic E-state index is 5.82. The highest BCUT2D eigenvalue weighted by Crippen LogP contribution is 2.03. The molecule has 0 aromatic carbocycles. The third-order valence-corrected chi connectivity index (χ3v) is 1.98. The van der Waals surface area contributed by atoms with Crippen molar-refractivity contribution in [2.75, 3.05) is 13.1 Å². The SMILES string of the molecule is CCN=C(N)/C(=C\C/C=C/NCC)CC. The van der Waals surface area contributed by atoms with Gasteiger partial charge in [-0.25, -0.2) is 0 Å². The summed E-state index contributed by atoms with van der Waals surface area (Å²) in [4.78, 5) is 4.20. The summed E-state index contributed by atoms with van der Waals surface area (Å²) in [5.41, 5.74) is 6.96. The number of rotatable bonds is 7. The highest BCUT2D eigenvalue weighted by Gasteiger charge is 1.97. The number of allylic oxidation sites excluding steroid dienone is 2. The van der Waals surface area contributed by atoms with Crippen LogP contribution in [0.25, 0.3) is 0 Å². The van der Waals surface area contributed by atoms with E-state index in [1.54, 1.807) is 0 Å². The third-order valence-electron chi connectivity index (χ3n) is 1.98. The second-order valence-corrected chi connectivity index (χ2v) is 3.14. The second-order valence-electron chi connectivity index (χ2n) is 3.14. The van der Waals surface area contributed by atoms with Crippen molar-refractivity contribution >= 4 is 5.84 Å². The summed E-state index contributed by atoms with van der Waals surface area (Å²) < 4.78 is 0. The second kappa shape index (κ2) is 9.31. The zero-order chi connectivity index (χ0) is 11.5. The van der Waals surface area contributed by atoms with Gasteiger partial charge in [0.15, 0.2) is 0 Å². The van der Waals surface area contributed by atoms with E-state index in [1.165, 1.54) is 0 Å². The van der Waals surface area contributed by atoms with Gasteiger partial charge in [0.25, 0.3) is 0 Å². The highest BCUT2D eigenvalue weighted by molar-refractivity contribution is 5.96. The Bertz CT molecular complexity index is 239. The van der Waals surface area contributed by atoms with Crippen LogP contribution in [0.4, 0.5) is 0 Å². The zero-order valence-electron chi connectivity index (χ0n) is 10.1. The van der Waals surface area contributed by atoms with Crippen LogP contribution in [-0.2, 0) is 0 Å². The number of nitrogens with zero attached hydrogens (tertiary/aromatic N) is 1. The van der Waals surface area contributed by atoms with Crippen molar-refractivity contribution in [2.45, 2.75) is 33.6 Å². The summed E-state index contributed by atoms with van der Waals surface area (Å²) in [6.45, 7) is 7.86. The maximum Gasteiger partial charge on any atom is 0.121 e. The maximum absolute atomic E-state index is 5.82. The van der Waals surface area contributed by atoms with Crippen molar-refractivity contribution in [2.24, 2.45) is 10.7 Å². The van der Waals surface area contributed by atoms with Gasteiger partial charge < -0.3 is 11.1 Å². The van der Waals surface area contributed by atoms with E-state index in [9.17, 15) is 0 Å². The van der Waals surface area contributed by atoms with Crippen LogP contribution in [0.15, 0.2) is 28.9 Å². The third kappa shape index (κ3) is 6.77. The number of nitrogens with two attached hydrogens (primary N) is 1. The predicted molar refractivity (Wildman–Crippen MR) is 68.0 cm³/mol. The minimum atomic E-state index is 0.678. The number of nitrogens with one attached hydrogen (secondary N) is 1. The first-order chi connectivity index (χ1) is 7.26. The van der Waals surface area contributed by atoms with Gasteiger partial charge >= 0.3 is 0 Å². The van der Waals surface area contributed by atoms with Crippen LogP contribution in [0, 0.1) is 0 Å². The molecule has 15 heavy (non-hydrogen) atoms. The molecule has 0 atom stereocenters. The summed E-state index contributed by atoms with van der Waals surface area (Å²) in [6.07, 6.45) is 8.01. The molecule has 0 radical (unpaired) electrons. The van der Waals surface area contributed by atoms with Gasteiger partial charge in [-0.2, -0.15) is 0 Å². The summed E-state index contributed by atoms with van der Waals surface area (Å²) in [7, 11) is 0. The van der Waals surface area contributed by atoms with Crippen LogP contribution >= 0.6 is 0 Å². The van der Waals surface area contributed by atoms with Gasteiger partial charge in [0.05, 0.1) is 0 Å². The fraction of sp³-hybridized carbons (Fsp3) is 0.583. The molecule has 0 heterocycles. The van der Waals surface area contributed by atoms with Crippen LogP contribution in [-0.4, -0.2) is 18.9 Å². The average Bonchev–Trinajstić information content (AvgIpc) is 2.23. The van der Waals surface area contributed by atoms with Gasteiger partial charge in [0.1, 0.15) is 5.84 Å². The lowest BCUT2D eigenvalue weighted by atomic mass is 10.1.